The van der Waals surface area contributed by atoms with Crippen molar-refractivity contribution in [2.75, 3.05) is 19.3 Å². The third-order valence-electron chi connectivity index (χ3n) is 2.29. The molecule has 0 bridgehead atoms. The Hall–Kier alpha value is -0.550. The molecule has 0 unspecified atom stereocenters. The van der Waals surface area contributed by atoms with Gasteiger partial charge < -0.3 is 4.90 Å². The number of nitrogens with zero attached hydrogens (tertiary/aromatic N) is 1. The van der Waals surface area contributed by atoms with Crippen molar-refractivity contribution in [2.24, 2.45) is 0 Å². The molecule has 0 heterocycles. The molecule has 1 rings (SSSR count). The smallest absolute Gasteiger partial charge is 0.232 e. The Morgan fingerprint density at radius 1 is 1.56 bits per heavy atom. The van der Waals surface area contributed by atoms with E-state index in [1.807, 2.05) is 0 Å². The Morgan fingerprint density at radius 3 is 2.88 bits per heavy atom. The maximum Gasteiger partial charge on any atom is 0.232 e. The lowest BCUT2D eigenvalue weighted by molar-refractivity contribution is -0.127. The molecule has 0 saturated carbocycles. The van der Waals surface area contributed by atoms with Crippen molar-refractivity contribution in [3.05, 3.63) is 34.1 Å². The number of amides is 1. The van der Waals surface area contributed by atoms with Crippen LogP contribution in [0.1, 0.15) is 5.56 Å². The van der Waals surface area contributed by atoms with Crippen LogP contribution in [-0.2, 0) is 11.2 Å². The Labute approximate surface area is 108 Å². The quantitative estimate of drug-likeness (QED) is 0.848. The molecular formula is C11H13BrFNOS. The second-order valence-corrected chi connectivity index (χ2v) is 4.69. The average Bonchev–Trinajstić information content (AvgIpc) is 2.28. The van der Waals surface area contributed by atoms with E-state index in [9.17, 15) is 9.18 Å². The first kappa shape index (κ1) is 13.5. The van der Waals surface area contributed by atoms with Gasteiger partial charge in [0.05, 0.1) is 5.75 Å². The van der Waals surface area contributed by atoms with Crippen molar-refractivity contribution in [3.63, 3.8) is 0 Å². The third kappa shape index (κ3) is 3.79. The van der Waals surface area contributed by atoms with Crippen LogP contribution >= 0.6 is 28.6 Å². The zero-order valence-electron chi connectivity index (χ0n) is 8.91. The van der Waals surface area contributed by atoms with E-state index in [2.05, 4.69) is 28.6 Å². The van der Waals surface area contributed by atoms with Gasteiger partial charge in [-0.25, -0.2) is 4.39 Å². The van der Waals surface area contributed by atoms with E-state index in [4.69, 9.17) is 0 Å². The number of carbonyl (C=O) groups is 1. The van der Waals surface area contributed by atoms with E-state index in [0.717, 1.165) is 4.47 Å². The van der Waals surface area contributed by atoms with Crippen molar-refractivity contribution in [2.45, 2.75) is 6.42 Å². The standard InChI is InChI=1S/C11H13BrFNOS/c1-14(11(15)7-16)5-4-8-6-9(12)2-3-10(8)13/h2-3,6,16H,4-5,7H2,1H3. The van der Waals surface area contributed by atoms with Gasteiger partial charge in [-0.1, -0.05) is 15.9 Å². The summed E-state index contributed by atoms with van der Waals surface area (Å²) in [6, 6.07) is 4.80. The molecule has 0 N–H and O–H groups in total. The molecule has 0 saturated heterocycles. The van der Waals surface area contributed by atoms with E-state index in [0.29, 0.717) is 18.5 Å². The summed E-state index contributed by atoms with van der Waals surface area (Å²) in [6.07, 6.45) is 0.501. The molecule has 88 valence electrons. The van der Waals surface area contributed by atoms with Gasteiger partial charge in [-0.15, -0.1) is 0 Å². The first-order valence-corrected chi connectivity index (χ1v) is 6.26. The topological polar surface area (TPSA) is 20.3 Å². The fourth-order valence-corrected chi connectivity index (χ4v) is 1.92. The second kappa shape index (κ2) is 6.25. The highest BCUT2D eigenvalue weighted by molar-refractivity contribution is 9.10. The van der Waals surface area contributed by atoms with Crippen molar-refractivity contribution < 1.29 is 9.18 Å². The van der Waals surface area contributed by atoms with Gasteiger partial charge in [0.2, 0.25) is 5.91 Å². The molecule has 0 fully saturated rings. The van der Waals surface area contributed by atoms with Gasteiger partial charge in [0.15, 0.2) is 0 Å². The molecule has 1 aromatic carbocycles. The van der Waals surface area contributed by atoms with E-state index in [1.54, 1.807) is 24.1 Å². The van der Waals surface area contributed by atoms with Gasteiger partial charge in [0.1, 0.15) is 5.82 Å². The van der Waals surface area contributed by atoms with Gasteiger partial charge in [-0.2, -0.15) is 12.6 Å². The fourth-order valence-electron chi connectivity index (χ4n) is 1.27. The predicted octanol–water partition coefficient (Wildman–Crippen LogP) is 2.52. The summed E-state index contributed by atoms with van der Waals surface area (Å²) < 4.78 is 14.2. The Morgan fingerprint density at radius 2 is 2.25 bits per heavy atom. The zero-order chi connectivity index (χ0) is 12.1. The molecule has 1 aromatic rings. The number of thiol groups is 1. The van der Waals surface area contributed by atoms with Crippen LogP contribution in [0.4, 0.5) is 4.39 Å². The minimum absolute atomic E-state index is 0.0567. The van der Waals surface area contributed by atoms with Crippen molar-refractivity contribution >= 4 is 34.5 Å². The maximum absolute atomic E-state index is 13.4. The summed E-state index contributed by atoms with van der Waals surface area (Å²) in [5, 5.41) is 0. The summed E-state index contributed by atoms with van der Waals surface area (Å²) in [7, 11) is 1.69. The number of halogens is 2. The third-order valence-corrected chi connectivity index (χ3v) is 3.05. The second-order valence-electron chi connectivity index (χ2n) is 3.46. The van der Waals surface area contributed by atoms with E-state index in [1.165, 1.54) is 6.07 Å². The van der Waals surface area contributed by atoms with Crippen LogP contribution in [-0.4, -0.2) is 30.2 Å². The maximum atomic E-state index is 13.4. The fraction of sp³-hybridized carbons (Fsp3) is 0.364. The van der Waals surface area contributed by atoms with Gasteiger partial charge >= 0.3 is 0 Å². The first-order valence-electron chi connectivity index (χ1n) is 4.83. The summed E-state index contributed by atoms with van der Waals surface area (Å²) in [5.74, 6) is -0.119. The average molecular weight is 306 g/mol. The number of hydrogen-bond acceptors (Lipinski definition) is 2. The van der Waals surface area contributed by atoms with Crippen molar-refractivity contribution in [3.8, 4) is 0 Å². The molecule has 16 heavy (non-hydrogen) atoms. The van der Waals surface area contributed by atoms with Gasteiger partial charge in [0, 0.05) is 18.1 Å². The van der Waals surface area contributed by atoms with Crippen LogP contribution < -0.4 is 0 Å². The van der Waals surface area contributed by atoms with Crippen LogP contribution in [0.2, 0.25) is 0 Å². The van der Waals surface area contributed by atoms with Crippen LogP contribution in [0.3, 0.4) is 0 Å². The summed E-state index contributed by atoms with van der Waals surface area (Å²) in [6.45, 7) is 0.493. The van der Waals surface area contributed by atoms with Crippen LogP contribution in [0, 0.1) is 5.82 Å². The van der Waals surface area contributed by atoms with E-state index in [-0.39, 0.29) is 17.5 Å². The number of rotatable bonds is 4. The first-order chi connectivity index (χ1) is 7.54. The molecule has 1 amide bonds. The monoisotopic (exact) mass is 305 g/mol. The summed E-state index contributed by atoms with van der Waals surface area (Å²) in [5.41, 5.74) is 0.605. The highest BCUT2D eigenvalue weighted by Gasteiger charge is 2.08. The largest absolute Gasteiger partial charge is 0.345 e. The van der Waals surface area contributed by atoms with E-state index < -0.39 is 0 Å². The summed E-state index contributed by atoms with van der Waals surface area (Å²) in [4.78, 5) is 12.8. The predicted molar refractivity (Wildman–Crippen MR) is 69.3 cm³/mol. The number of likely N-dealkylation sites (N-methyl/N-ethyl adjacent to an activating group) is 1. The molecule has 5 heteroatoms. The van der Waals surface area contributed by atoms with Gasteiger partial charge in [-0.05, 0) is 30.2 Å². The molecule has 0 spiro atoms. The SMILES string of the molecule is CN(CCc1cc(Br)ccc1F)C(=O)CS. The van der Waals surface area contributed by atoms with E-state index >= 15 is 0 Å². The zero-order valence-corrected chi connectivity index (χ0v) is 11.4. The molecular weight excluding hydrogens is 293 g/mol. The molecule has 0 aliphatic heterocycles. The molecule has 0 aromatic heterocycles. The number of benzene rings is 1. The van der Waals surface area contributed by atoms with Crippen molar-refractivity contribution in [1.82, 2.24) is 4.90 Å². The van der Waals surface area contributed by atoms with Gasteiger partial charge in [-0.3, -0.25) is 4.79 Å². The molecule has 0 aliphatic rings. The Kier molecular flexibility index (Phi) is 5.28. The molecule has 0 radical (unpaired) electrons. The van der Waals surface area contributed by atoms with Crippen LogP contribution in [0.25, 0.3) is 0 Å². The minimum atomic E-state index is -0.241. The summed E-state index contributed by atoms with van der Waals surface area (Å²) >= 11 is 7.19. The molecule has 0 atom stereocenters. The van der Waals surface area contributed by atoms with Crippen molar-refractivity contribution in [1.29, 1.82) is 0 Å². The lowest BCUT2D eigenvalue weighted by Gasteiger charge is -2.16. The van der Waals surface area contributed by atoms with Gasteiger partial charge in [0.25, 0.3) is 0 Å². The molecule has 0 aliphatic carbocycles. The van der Waals surface area contributed by atoms with Crippen LogP contribution in [0.15, 0.2) is 22.7 Å². The highest BCUT2D eigenvalue weighted by atomic mass is 79.9. The highest BCUT2D eigenvalue weighted by Crippen LogP contribution is 2.16. The minimum Gasteiger partial charge on any atom is -0.345 e. The lowest BCUT2D eigenvalue weighted by atomic mass is 10.1. The lowest BCUT2D eigenvalue weighted by Crippen LogP contribution is -2.29. The molecule has 2 nitrogen and oxygen atoms in total. The number of hydrogen-bond donors (Lipinski definition) is 1. The Balaban J connectivity index is 2.60. The number of carbonyl (C=O) groups excluding carboxylic acids is 1. The normalized spacial score (nSPS) is 10.2. The Bertz CT molecular complexity index is 386. The van der Waals surface area contributed by atoms with Crippen LogP contribution in [0.5, 0.6) is 0 Å².